The number of hydrogen-bond donors (Lipinski definition) is 0. The standard InChI is InChI=1S/C37H21N5S/c1-2-12-22(13-3-1)32-23-14-4-7-17-26(23)39-37(40-32)42-28-19-9-5-15-24(28)31-34(42)35-33(25-16-6-11-21-30(25)43-35)41-29-20-10-8-18-27(29)38-36(31)41/h1-21H. The van der Waals surface area contributed by atoms with Crippen molar-refractivity contribution in [2.24, 2.45) is 0 Å². The summed E-state index contributed by atoms with van der Waals surface area (Å²) in [7, 11) is 0. The highest BCUT2D eigenvalue weighted by Gasteiger charge is 2.25. The molecule has 0 unspecified atom stereocenters. The smallest absolute Gasteiger partial charge is 0.235 e. The molecular weight excluding hydrogens is 547 g/mol. The van der Waals surface area contributed by atoms with Crippen LogP contribution in [0.3, 0.4) is 0 Å². The van der Waals surface area contributed by atoms with E-state index in [1.807, 2.05) is 23.5 Å². The number of nitrogens with zero attached hydrogens (tertiary/aromatic N) is 5. The average molecular weight is 568 g/mol. The van der Waals surface area contributed by atoms with Crippen molar-refractivity contribution in [3.8, 4) is 17.2 Å². The van der Waals surface area contributed by atoms with Crippen molar-refractivity contribution in [1.29, 1.82) is 0 Å². The van der Waals surface area contributed by atoms with Crippen molar-refractivity contribution in [1.82, 2.24) is 23.9 Å². The SMILES string of the molecule is c1ccc(-c2nc(-n3c4ccccc4c4c3c3sc5ccccc5c3n3c5ccccc5nc43)nc3ccccc23)cc1. The number of aromatic nitrogens is 5. The summed E-state index contributed by atoms with van der Waals surface area (Å²) in [5.41, 5.74) is 9.27. The van der Waals surface area contributed by atoms with Crippen molar-refractivity contribution in [3.63, 3.8) is 0 Å². The van der Waals surface area contributed by atoms with Gasteiger partial charge in [-0.05, 0) is 30.3 Å². The summed E-state index contributed by atoms with van der Waals surface area (Å²) in [6.07, 6.45) is 0. The van der Waals surface area contributed by atoms with Gasteiger partial charge < -0.3 is 0 Å². The molecule has 0 amide bonds. The molecule has 0 aliphatic rings. The molecule has 5 nitrogen and oxygen atoms in total. The van der Waals surface area contributed by atoms with E-state index in [0.717, 1.165) is 60.6 Å². The Bertz CT molecular complexity index is 2730. The largest absolute Gasteiger partial charge is 0.290 e. The summed E-state index contributed by atoms with van der Waals surface area (Å²) in [5, 5.41) is 4.50. The number of thiophene rings is 1. The fraction of sp³-hybridized carbons (Fsp3) is 0. The maximum atomic E-state index is 5.33. The Morgan fingerprint density at radius 1 is 0.512 bits per heavy atom. The molecule has 200 valence electrons. The topological polar surface area (TPSA) is 48.0 Å². The third kappa shape index (κ3) is 3.07. The Morgan fingerprint density at radius 3 is 2.05 bits per heavy atom. The maximum Gasteiger partial charge on any atom is 0.235 e. The van der Waals surface area contributed by atoms with Crippen molar-refractivity contribution < 1.29 is 0 Å². The Kier molecular flexibility index (Phi) is 4.54. The van der Waals surface area contributed by atoms with E-state index in [4.69, 9.17) is 15.0 Å². The summed E-state index contributed by atoms with van der Waals surface area (Å²) < 4.78 is 7.06. The lowest BCUT2D eigenvalue weighted by Crippen LogP contribution is -2.04. The molecule has 6 heteroatoms. The predicted octanol–water partition coefficient (Wildman–Crippen LogP) is 9.56. The van der Waals surface area contributed by atoms with Gasteiger partial charge in [-0.2, -0.15) is 0 Å². The first-order valence-electron chi connectivity index (χ1n) is 14.3. The molecule has 0 saturated heterocycles. The Hall–Kier alpha value is -5.59. The maximum absolute atomic E-state index is 5.33. The molecular formula is C37H21N5S. The highest BCUT2D eigenvalue weighted by atomic mass is 32.1. The zero-order valence-electron chi connectivity index (χ0n) is 22.8. The van der Waals surface area contributed by atoms with Crippen molar-refractivity contribution >= 4 is 81.0 Å². The summed E-state index contributed by atoms with van der Waals surface area (Å²) >= 11 is 1.82. The van der Waals surface area contributed by atoms with Crippen LogP contribution in [-0.4, -0.2) is 23.9 Å². The molecule has 0 atom stereocenters. The van der Waals surface area contributed by atoms with Gasteiger partial charge in [0.15, 0.2) is 0 Å². The van der Waals surface area contributed by atoms with Crippen LogP contribution in [0.1, 0.15) is 0 Å². The number of pyridine rings is 1. The van der Waals surface area contributed by atoms with Crippen molar-refractivity contribution in [3.05, 3.63) is 127 Å². The number of rotatable bonds is 2. The van der Waals surface area contributed by atoms with Gasteiger partial charge in [0.1, 0.15) is 5.65 Å². The first-order valence-corrected chi connectivity index (χ1v) is 15.1. The predicted molar refractivity (Wildman–Crippen MR) is 178 cm³/mol. The van der Waals surface area contributed by atoms with Crippen molar-refractivity contribution in [2.45, 2.75) is 0 Å². The van der Waals surface area contributed by atoms with Crippen LogP contribution in [0.4, 0.5) is 0 Å². The lowest BCUT2D eigenvalue weighted by molar-refractivity contribution is 1.02. The van der Waals surface area contributed by atoms with Crippen molar-refractivity contribution in [2.75, 3.05) is 0 Å². The molecule has 10 rings (SSSR count). The highest BCUT2D eigenvalue weighted by molar-refractivity contribution is 7.26. The van der Waals surface area contributed by atoms with E-state index in [2.05, 4.69) is 124 Å². The molecule has 0 saturated carbocycles. The molecule has 5 heterocycles. The molecule has 0 fully saturated rings. The van der Waals surface area contributed by atoms with Gasteiger partial charge >= 0.3 is 0 Å². The van der Waals surface area contributed by atoms with Gasteiger partial charge in [0.05, 0.1) is 48.9 Å². The number of imidazole rings is 1. The van der Waals surface area contributed by atoms with Gasteiger partial charge in [-0.25, -0.2) is 15.0 Å². The zero-order chi connectivity index (χ0) is 28.1. The summed E-state index contributed by atoms with van der Waals surface area (Å²) in [6, 6.07) is 44.4. The molecule has 0 spiro atoms. The average Bonchev–Trinajstić information content (AvgIpc) is 3.74. The lowest BCUT2D eigenvalue weighted by Gasteiger charge is -2.12. The minimum absolute atomic E-state index is 0.656. The molecule has 5 aromatic carbocycles. The normalized spacial score (nSPS) is 12.2. The Labute approximate surface area is 248 Å². The first kappa shape index (κ1) is 23.0. The third-order valence-corrected chi connectivity index (χ3v) is 9.67. The number of hydrogen-bond acceptors (Lipinski definition) is 4. The van der Waals surface area contributed by atoms with E-state index in [1.165, 1.54) is 20.3 Å². The fourth-order valence-electron chi connectivity index (χ4n) is 6.70. The number of para-hydroxylation sites is 4. The molecule has 5 aromatic heterocycles. The van der Waals surface area contributed by atoms with Gasteiger partial charge in [0, 0.05) is 26.4 Å². The lowest BCUT2D eigenvalue weighted by atomic mass is 10.1. The van der Waals surface area contributed by atoms with Crippen LogP contribution in [0.15, 0.2) is 127 Å². The van der Waals surface area contributed by atoms with Gasteiger partial charge in [0.25, 0.3) is 0 Å². The van der Waals surface area contributed by atoms with Crippen LogP contribution >= 0.6 is 11.3 Å². The van der Waals surface area contributed by atoms with Gasteiger partial charge in [-0.15, -0.1) is 11.3 Å². The number of fused-ring (bicyclic) bond motifs is 13. The van der Waals surface area contributed by atoms with Crippen LogP contribution < -0.4 is 0 Å². The monoisotopic (exact) mass is 567 g/mol. The minimum Gasteiger partial charge on any atom is -0.290 e. The van der Waals surface area contributed by atoms with Gasteiger partial charge in [-0.3, -0.25) is 8.97 Å². The van der Waals surface area contributed by atoms with Crippen LogP contribution in [0.5, 0.6) is 0 Å². The second-order valence-corrected chi connectivity index (χ2v) is 11.9. The summed E-state index contributed by atoms with van der Waals surface area (Å²) in [4.78, 5) is 15.8. The molecule has 0 N–H and O–H groups in total. The fourth-order valence-corrected chi connectivity index (χ4v) is 7.93. The van der Waals surface area contributed by atoms with Crippen LogP contribution in [-0.2, 0) is 0 Å². The highest BCUT2D eigenvalue weighted by Crippen LogP contribution is 2.45. The quantitative estimate of drug-likeness (QED) is 0.209. The second-order valence-electron chi connectivity index (χ2n) is 10.9. The summed E-state index contributed by atoms with van der Waals surface area (Å²) in [6.45, 7) is 0. The number of benzene rings is 5. The van der Waals surface area contributed by atoms with E-state index in [9.17, 15) is 0 Å². The van der Waals surface area contributed by atoms with E-state index < -0.39 is 0 Å². The van der Waals surface area contributed by atoms with Gasteiger partial charge in [-0.1, -0.05) is 97.1 Å². The Morgan fingerprint density at radius 2 is 1.19 bits per heavy atom. The van der Waals surface area contributed by atoms with Crippen LogP contribution in [0, 0.1) is 0 Å². The molecule has 0 aliphatic carbocycles. The van der Waals surface area contributed by atoms with Crippen LogP contribution in [0.2, 0.25) is 0 Å². The van der Waals surface area contributed by atoms with E-state index in [0.29, 0.717) is 5.95 Å². The Balaban J connectivity index is 1.48. The van der Waals surface area contributed by atoms with Gasteiger partial charge in [0.2, 0.25) is 5.95 Å². The van der Waals surface area contributed by atoms with E-state index >= 15 is 0 Å². The molecule has 10 aromatic rings. The molecule has 0 aliphatic heterocycles. The molecule has 0 bridgehead atoms. The third-order valence-electron chi connectivity index (χ3n) is 8.51. The summed E-state index contributed by atoms with van der Waals surface area (Å²) in [5.74, 6) is 0.656. The first-order chi connectivity index (χ1) is 21.3. The molecule has 0 radical (unpaired) electrons. The minimum atomic E-state index is 0.656. The zero-order valence-corrected chi connectivity index (χ0v) is 23.6. The van der Waals surface area contributed by atoms with Crippen LogP contribution in [0.25, 0.3) is 86.9 Å². The molecule has 43 heavy (non-hydrogen) atoms. The second kappa shape index (κ2) is 8.47. The van der Waals surface area contributed by atoms with E-state index in [1.54, 1.807) is 0 Å². The van der Waals surface area contributed by atoms with E-state index in [-0.39, 0.29) is 0 Å².